The van der Waals surface area contributed by atoms with Gasteiger partial charge in [-0.15, -0.1) is 13.2 Å². The molecule has 2 rings (SSSR count). The number of aliphatic imine (C=N–C) groups is 1. The summed E-state index contributed by atoms with van der Waals surface area (Å²) < 4.78 is 40.0. The van der Waals surface area contributed by atoms with Crippen LogP contribution in [0.2, 0.25) is 0 Å². The Morgan fingerprint density at radius 2 is 1.62 bits per heavy atom. The highest BCUT2D eigenvalue weighted by Crippen LogP contribution is 2.23. The molecule has 4 nitrogen and oxygen atoms in total. The van der Waals surface area contributed by atoms with Gasteiger partial charge in [0, 0.05) is 5.56 Å². The maximum atomic E-state index is 12.1. The summed E-state index contributed by atoms with van der Waals surface area (Å²) in [5.74, 6) is 5.43. The maximum absolute atomic E-state index is 12.1. The molecule has 2 aromatic rings. The Morgan fingerprint density at radius 3 is 2.14 bits per heavy atom. The lowest BCUT2D eigenvalue weighted by Gasteiger charge is -2.10. The third-order valence-corrected chi connectivity index (χ3v) is 2.50. The van der Waals surface area contributed by atoms with Crippen molar-refractivity contribution in [3.8, 4) is 5.75 Å². The van der Waals surface area contributed by atoms with E-state index in [1.807, 2.05) is 18.2 Å². The normalized spacial score (nSPS) is 12.1. The molecule has 0 radical (unpaired) electrons. The Labute approximate surface area is 119 Å². The van der Waals surface area contributed by atoms with Gasteiger partial charge in [-0.3, -0.25) is 0 Å². The molecule has 0 unspecified atom stereocenters. The van der Waals surface area contributed by atoms with E-state index in [1.54, 1.807) is 12.1 Å². The predicted molar refractivity (Wildman–Crippen MR) is 73.1 cm³/mol. The fourth-order valence-electron chi connectivity index (χ4n) is 1.63. The van der Waals surface area contributed by atoms with Gasteiger partial charge in [0.05, 0.1) is 5.69 Å². The number of hydrogen-bond acceptors (Lipinski definition) is 3. The molecule has 0 amide bonds. The van der Waals surface area contributed by atoms with E-state index in [0.717, 1.165) is 0 Å². The molecule has 0 aromatic heterocycles. The molecule has 3 N–H and O–H groups in total. The zero-order valence-electron chi connectivity index (χ0n) is 10.8. The van der Waals surface area contributed by atoms with E-state index in [2.05, 4.69) is 15.2 Å². The van der Waals surface area contributed by atoms with Gasteiger partial charge in [0.1, 0.15) is 11.6 Å². The van der Waals surface area contributed by atoms with Crippen LogP contribution in [-0.4, -0.2) is 12.2 Å². The number of amidine groups is 1. The number of hydrogen-bond donors (Lipinski definition) is 2. The average Bonchev–Trinajstić information content (AvgIpc) is 2.45. The molecule has 0 aliphatic rings. The minimum atomic E-state index is -4.71. The minimum absolute atomic E-state index is 0.303. The third kappa shape index (κ3) is 4.50. The van der Waals surface area contributed by atoms with Gasteiger partial charge in [-0.05, 0) is 36.4 Å². The standard InChI is InChI=1S/C14H12F3N3O/c15-14(16,17)21-12-8-6-10(7-9-12)13(20-18)19-11-4-2-1-3-5-11/h1-9H,18H2,(H,19,20). The SMILES string of the molecule is NNC(=Nc1ccccc1)c1ccc(OC(F)(F)F)cc1. The van der Waals surface area contributed by atoms with E-state index in [-0.39, 0.29) is 5.75 Å². The molecule has 0 bridgehead atoms. The van der Waals surface area contributed by atoms with Gasteiger partial charge < -0.3 is 10.2 Å². The Balaban J connectivity index is 2.22. The highest BCUT2D eigenvalue weighted by Gasteiger charge is 2.30. The summed E-state index contributed by atoms with van der Waals surface area (Å²) >= 11 is 0. The molecule has 21 heavy (non-hydrogen) atoms. The molecule has 0 spiro atoms. The molecule has 0 fully saturated rings. The fraction of sp³-hybridized carbons (Fsp3) is 0.0714. The van der Waals surface area contributed by atoms with Gasteiger partial charge in [-0.2, -0.15) is 0 Å². The van der Waals surface area contributed by atoms with Crippen LogP contribution in [0, 0.1) is 0 Å². The summed E-state index contributed by atoms with van der Waals surface area (Å²) in [5, 5.41) is 0. The van der Waals surface area contributed by atoms with Gasteiger partial charge in [-0.25, -0.2) is 10.8 Å². The van der Waals surface area contributed by atoms with Crippen LogP contribution in [0.3, 0.4) is 0 Å². The lowest BCUT2D eigenvalue weighted by molar-refractivity contribution is -0.274. The lowest BCUT2D eigenvalue weighted by atomic mass is 10.2. The van der Waals surface area contributed by atoms with E-state index in [4.69, 9.17) is 5.84 Å². The number of nitrogens with two attached hydrogens (primary N) is 1. The molecule has 0 heterocycles. The first-order chi connectivity index (χ1) is 9.98. The van der Waals surface area contributed by atoms with Crippen LogP contribution in [0.25, 0.3) is 0 Å². The second-order valence-corrected chi connectivity index (χ2v) is 4.01. The Kier molecular flexibility index (Phi) is 4.44. The largest absolute Gasteiger partial charge is 0.573 e. The summed E-state index contributed by atoms with van der Waals surface area (Å²) in [6, 6.07) is 14.3. The summed E-state index contributed by atoms with van der Waals surface area (Å²) in [4.78, 5) is 4.27. The highest BCUT2D eigenvalue weighted by molar-refractivity contribution is 6.00. The Bertz CT molecular complexity index is 610. The summed E-state index contributed by atoms with van der Waals surface area (Å²) in [6.45, 7) is 0. The van der Waals surface area contributed by atoms with Crippen molar-refractivity contribution >= 4 is 11.5 Å². The monoisotopic (exact) mass is 295 g/mol. The smallest absolute Gasteiger partial charge is 0.406 e. The van der Waals surface area contributed by atoms with Crippen LogP contribution in [0.1, 0.15) is 5.56 Å². The summed E-state index contributed by atoms with van der Waals surface area (Å²) in [6.07, 6.45) is -4.71. The lowest BCUT2D eigenvalue weighted by Crippen LogP contribution is -2.30. The van der Waals surface area contributed by atoms with Crippen molar-refractivity contribution in [3.63, 3.8) is 0 Å². The molecular formula is C14H12F3N3O. The molecule has 7 heteroatoms. The van der Waals surface area contributed by atoms with Crippen LogP contribution in [0.15, 0.2) is 59.6 Å². The second kappa shape index (κ2) is 6.27. The molecule has 0 saturated heterocycles. The van der Waals surface area contributed by atoms with Crippen molar-refractivity contribution in [3.05, 3.63) is 60.2 Å². The van der Waals surface area contributed by atoms with Gasteiger partial charge in [-0.1, -0.05) is 18.2 Å². The van der Waals surface area contributed by atoms with Gasteiger partial charge in [0.25, 0.3) is 0 Å². The number of benzene rings is 2. The maximum Gasteiger partial charge on any atom is 0.573 e. The number of rotatable bonds is 3. The average molecular weight is 295 g/mol. The zero-order chi connectivity index (χ0) is 15.3. The summed E-state index contributed by atoms with van der Waals surface area (Å²) in [5.41, 5.74) is 3.63. The number of ether oxygens (including phenoxy) is 1. The number of halogens is 3. The van der Waals surface area contributed by atoms with Gasteiger partial charge in [0.15, 0.2) is 0 Å². The number of alkyl halides is 3. The van der Waals surface area contributed by atoms with Crippen LogP contribution >= 0.6 is 0 Å². The minimum Gasteiger partial charge on any atom is -0.406 e. The first-order valence-electron chi connectivity index (χ1n) is 5.94. The highest BCUT2D eigenvalue weighted by atomic mass is 19.4. The Morgan fingerprint density at radius 1 is 1.00 bits per heavy atom. The van der Waals surface area contributed by atoms with E-state index >= 15 is 0 Å². The first-order valence-corrected chi connectivity index (χ1v) is 5.94. The van der Waals surface area contributed by atoms with Crippen LogP contribution in [0.5, 0.6) is 5.75 Å². The number of para-hydroxylation sites is 1. The molecule has 0 aliphatic carbocycles. The van der Waals surface area contributed by atoms with Crippen molar-refractivity contribution in [2.75, 3.05) is 0 Å². The van der Waals surface area contributed by atoms with Crippen molar-refractivity contribution in [1.29, 1.82) is 0 Å². The van der Waals surface area contributed by atoms with Crippen molar-refractivity contribution in [1.82, 2.24) is 5.43 Å². The van der Waals surface area contributed by atoms with E-state index in [9.17, 15) is 13.2 Å². The van der Waals surface area contributed by atoms with Gasteiger partial charge in [0.2, 0.25) is 0 Å². The quantitative estimate of drug-likeness (QED) is 0.396. The van der Waals surface area contributed by atoms with E-state index in [1.165, 1.54) is 24.3 Å². The molecule has 110 valence electrons. The number of hydrazine groups is 1. The van der Waals surface area contributed by atoms with Crippen LogP contribution in [-0.2, 0) is 0 Å². The molecule has 0 saturated carbocycles. The van der Waals surface area contributed by atoms with Gasteiger partial charge >= 0.3 is 6.36 Å². The predicted octanol–water partition coefficient (Wildman–Crippen LogP) is 3.13. The van der Waals surface area contributed by atoms with E-state index < -0.39 is 6.36 Å². The van der Waals surface area contributed by atoms with Crippen molar-refractivity contribution < 1.29 is 17.9 Å². The van der Waals surface area contributed by atoms with Crippen LogP contribution < -0.4 is 16.0 Å². The molecule has 2 aromatic carbocycles. The Hall–Kier alpha value is -2.54. The number of nitrogens with one attached hydrogen (secondary N) is 1. The van der Waals surface area contributed by atoms with Crippen molar-refractivity contribution in [2.45, 2.75) is 6.36 Å². The second-order valence-electron chi connectivity index (χ2n) is 4.01. The summed E-state index contributed by atoms with van der Waals surface area (Å²) in [7, 11) is 0. The molecule has 0 aliphatic heterocycles. The van der Waals surface area contributed by atoms with Crippen molar-refractivity contribution in [2.24, 2.45) is 10.8 Å². The fourth-order valence-corrected chi connectivity index (χ4v) is 1.63. The third-order valence-electron chi connectivity index (χ3n) is 2.50. The molecular weight excluding hydrogens is 283 g/mol. The first kappa shape index (κ1) is 14.9. The number of nitrogens with zero attached hydrogens (tertiary/aromatic N) is 1. The topological polar surface area (TPSA) is 59.6 Å². The van der Waals surface area contributed by atoms with Crippen LogP contribution in [0.4, 0.5) is 18.9 Å². The molecule has 0 atom stereocenters. The zero-order valence-corrected chi connectivity index (χ0v) is 10.8. The van der Waals surface area contributed by atoms with E-state index in [0.29, 0.717) is 17.1 Å².